The van der Waals surface area contributed by atoms with Gasteiger partial charge in [-0.25, -0.2) is 0 Å². The first-order valence-electron chi connectivity index (χ1n) is 5.19. The lowest BCUT2D eigenvalue weighted by Gasteiger charge is -2.26. The predicted molar refractivity (Wildman–Crippen MR) is 75.3 cm³/mol. The van der Waals surface area contributed by atoms with Crippen LogP contribution < -0.4 is 10.2 Å². The molecule has 0 bridgehead atoms. The van der Waals surface area contributed by atoms with Crippen molar-refractivity contribution >= 4 is 66.7 Å². The molecule has 1 aromatic carbocycles. The first-order chi connectivity index (χ1) is 9.73. The van der Waals surface area contributed by atoms with Gasteiger partial charge in [0, 0.05) is 4.47 Å². The molecule has 0 spiro atoms. The molecule has 0 aromatic heterocycles. The Labute approximate surface area is 133 Å². The van der Waals surface area contributed by atoms with Gasteiger partial charge in [-0.15, -0.1) is 0 Å². The molecular weight excluding hydrogens is 418 g/mol. The molecule has 21 heavy (non-hydrogen) atoms. The lowest BCUT2D eigenvalue weighted by Crippen LogP contribution is -2.46. The van der Waals surface area contributed by atoms with Crippen LogP contribution in [0.2, 0.25) is 0 Å². The summed E-state index contributed by atoms with van der Waals surface area (Å²) in [5.41, 5.74) is -1.01. The monoisotopic (exact) mass is 420 g/mol. The van der Waals surface area contributed by atoms with E-state index >= 15 is 0 Å². The van der Waals surface area contributed by atoms with Crippen LogP contribution in [0, 0.1) is 10.1 Å². The quantitative estimate of drug-likeness (QED) is 0.444. The van der Waals surface area contributed by atoms with E-state index < -0.39 is 34.9 Å². The van der Waals surface area contributed by atoms with E-state index in [-0.39, 0.29) is 20.3 Å². The van der Waals surface area contributed by atoms with E-state index in [0.717, 1.165) is 0 Å². The van der Waals surface area contributed by atoms with Crippen molar-refractivity contribution in [3.8, 4) is 0 Å². The number of nitro groups is 1. The number of nitro benzene ring substituents is 1. The number of carbonyl (C=O) groups excluding carboxylic acids is 2. The summed E-state index contributed by atoms with van der Waals surface area (Å²) in [7, 11) is 0. The number of aliphatic carboxylic acids is 1. The third-order valence-corrected chi connectivity index (χ3v) is 4.52. The zero-order chi connectivity index (χ0) is 15.9. The second-order valence-electron chi connectivity index (χ2n) is 3.85. The van der Waals surface area contributed by atoms with Gasteiger partial charge in [-0.3, -0.25) is 29.4 Å². The summed E-state index contributed by atoms with van der Waals surface area (Å²) >= 11 is 6.05. The zero-order valence-electron chi connectivity index (χ0n) is 9.87. The highest BCUT2D eigenvalue weighted by molar-refractivity contribution is 9.13. The van der Waals surface area contributed by atoms with Crippen LogP contribution in [0.3, 0.4) is 0 Å². The van der Waals surface area contributed by atoms with E-state index in [4.69, 9.17) is 5.11 Å². The van der Waals surface area contributed by atoms with Crippen molar-refractivity contribution in [2.24, 2.45) is 0 Å². The molecule has 2 amide bonds. The molecule has 1 radical (unpaired) electrons. The van der Waals surface area contributed by atoms with Crippen molar-refractivity contribution in [1.29, 1.82) is 0 Å². The highest BCUT2D eigenvalue weighted by atomic mass is 79.9. The number of anilines is 1. The largest absolute Gasteiger partial charge is 0.480 e. The van der Waals surface area contributed by atoms with Crippen LogP contribution in [-0.2, 0) is 14.4 Å². The van der Waals surface area contributed by atoms with Gasteiger partial charge < -0.3 is 5.11 Å². The molecule has 1 aliphatic heterocycles. The summed E-state index contributed by atoms with van der Waals surface area (Å²) in [6.45, 7) is -0.807. The molecule has 0 aliphatic carbocycles. The molecule has 11 heteroatoms. The number of carboxylic acids is 1. The van der Waals surface area contributed by atoms with Gasteiger partial charge in [-0.05, 0) is 37.9 Å². The van der Waals surface area contributed by atoms with Crippen molar-refractivity contribution in [1.82, 2.24) is 5.32 Å². The molecule has 109 valence electrons. The number of benzene rings is 1. The average molecular weight is 422 g/mol. The van der Waals surface area contributed by atoms with Crippen molar-refractivity contribution in [2.45, 2.75) is 0 Å². The predicted octanol–water partition coefficient (Wildman–Crippen LogP) is 1.31. The molecule has 0 fully saturated rings. The van der Waals surface area contributed by atoms with Crippen molar-refractivity contribution in [3.05, 3.63) is 25.1 Å². The Bertz CT molecular complexity index is 705. The molecule has 2 rings (SSSR count). The molecular formula is C10H4Br2N3O6. The Balaban J connectivity index is 2.74. The lowest BCUT2D eigenvalue weighted by molar-refractivity contribution is -0.385. The number of hydrogen-bond acceptors (Lipinski definition) is 5. The van der Waals surface area contributed by atoms with E-state index in [0.29, 0.717) is 4.90 Å². The Hall–Kier alpha value is -2.01. The minimum absolute atomic E-state index is 0.0347. The number of fused-ring (bicyclic) bond motifs is 1. The fraction of sp³-hybridized carbons (Fsp3) is 0.100. The lowest BCUT2D eigenvalue weighted by atomic mass is 10.1. The van der Waals surface area contributed by atoms with Gasteiger partial charge in [-0.2, -0.15) is 5.32 Å². The van der Waals surface area contributed by atoms with Crippen molar-refractivity contribution in [3.63, 3.8) is 0 Å². The summed E-state index contributed by atoms with van der Waals surface area (Å²) in [5, 5.41) is 23.3. The van der Waals surface area contributed by atoms with Gasteiger partial charge in [0.05, 0.1) is 10.6 Å². The number of rotatable bonds is 3. The van der Waals surface area contributed by atoms with Crippen LogP contribution in [0.4, 0.5) is 17.1 Å². The van der Waals surface area contributed by atoms with Crippen LogP contribution in [0.15, 0.2) is 15.0 Å². The fourth-order valence-electron chi connectivity index (χ4n) is 1.74. The van der Waals surface area contributed by atoms with E-state index in [1.54, 1.807) is 0 Å². The highest BCUT2D eigenvalue weighted by Crippen LogP contribution is 2.46. The molecule has 1 heterocycles. The van der Waals surface area contributed by atoms with Crippen LogP contribution in [0.1, 0.15) is 0 Å². The summed E-state index contributed by atoms with van der Waals surface area (Å²) < 4.78 is 0.258. The molecule has 1 N–H and O–H groups in total. The average Bonchev–Trinajstić information content (AvgIpc) is 2.37. The number of carbonyl (C=O) groups is 3. The van der Waals surface area contributed by atoms with Crippen molar-refractivity contribution < 1.29 is 24.4 Å². The van der Waals surface area contributed by atoms with E-state index in [1.807, 2.05) is 0 Å². The first kappa shape index (κ1) is 15.4. The normalized spacial score (nSPS) is 13.7. The fourth-order valence-corrected chi connectivity index (χ4v) is 2.59. The first-order valence-corrected chi connectivity index (χ1v) is 6.78. The Morgan fingerprint density at radius 1 is 1.43 bits per heavy atom. The van der Waals surface area contributed by atoms with Crippen LogP contribution >= 0.6 is 31.9 Å². The van der Waals surface area contributed by atoms with E-state index in [2.05, 4.69) is 37.2 Å². The molecule has 0 saturated carbocycles. The number of nitrogens with zero attached hydrogens (tertiary/aromatic N) is 3. The second-order valence-corrected chi connectivity index (χ2v) is 5.50. The third-order valence-electron chi connectivity index (χ3n) is 2.56. The smallest absolute Gasteiger partial charge is 0.336 e. The maximum atomic E-state index is 11.7. The Morgan fingerprint density at radius 3 is 2.57 bits per heavy atom. The molecule has 9 nitrogen and oxygen atoms in total. The minimum atomic E-state index is -1.37. The Morgan fingerprint density at radius 2 is 2.05 bits per heavy atom. The minimum Gasteiger partial charge on any atom is -0.480 e. The van der Waals surface area contributed by atoms with Gasteiger partial charge in [0.15, 0.2) is 5.69 Å². The Kier molecular flexibility index (Phi) is 3.96. The van der Waals surface area contributed by atoms with Crippen LogP contribution in [0.25, 0.3) is 0 Å². The number of halogens is 2. The summed E-state index contributed by atoms with van der Waals surface area (Å²) in [4.78, 5) is 45.0. The van der Waals surface area contributed by atoms with Gasteiger partial charge in [-0.1, -0.05) is 0 Å². The number of hydrogen-bond donors (Lipinski definition) is 1. The van der Waals surface area contributed by atoms with E-state index in [9.17, 15) is 24.5 Å². The van der Waals surface area contributed by atoms with Gasteiger partial charge in [0.25, 0.3) is 0 Å². The maximum Gasteiger partial charge on any atom is 0.336 e. The van der Waals surface area contributed by atoms with Gasteiger partial charge in [0.1, 0.15) is 11.0 Å². The molecule has 0 saturated heterocycles. The number of carboxylic acid groups (broad SMARTS) is 1. The third kappa shape index (κ3) is 2.61. The molecule has 0 atom stereocenters. The molecule has 1 aliphatic rings. The molecule has 1 aromatic rings. The van der Waals surface area contributed by atoms with Gasteiger partial charge >= 0.3 is 23.5 Å². The van der Waals surface area contributed by atoms with E-state index in [1.165, 1.54) is 6.07 Å². The summed E-state index contributed by atoms with van der Waals surface area (Å²) in [6.07, 6.45) is 0. The van der Waals surface area contributed by atoms with Crippen LogP contribution in [0.5, 0.6) is 0 Å². The summed E-state index contributed by atoms with van der Waals surface area (Å²) in [6, 6.07) is 1.28. The van der Waals surface area contributed by atoms with Gasteiger partial charge in [0.2, 0.25) is 0 Å². The second kappa shape index (κ2) is 5.41. The number of amides is 2. The van der Waals surface area contributed by atoms with Crippen molar-refractivity contribution in [2.75, 3.05) is 11.4 Å². The summed E-state index contributed by atoms with van der Waals surface area (Å²) in [5.74, 6) is -3.79. The topological polar surface area (TPSA) is 132 Å². The standard InChI is InChI=1S/C10H4Br2N3O6/c11-3-1-4-7(8(6(3)12)15(20)21)13-9(18)10(19)14(4)2-5(16)17/h1H,2H2,(H,16,17). The molecule has 0 unspecified atom stereocenters. The zero-order valence-corrected chi connectivity index (χ0v) is 13.0. The SMILES string of the molecule is O=C(O)CN1C(=O)C(=O)[N]c2c1cc(Br)c(Br)c2[N+](=O)[O-]. The maximum absolute atomic E-state index is 11.7. The highest BCUT2D eigenvalue weighted by Gasteiger charge is 2.40. The van der Waals surface area contributed by atoms with Crippen LogP contribution in [-0.4, -0.2) is 34.4 Å².